The number of carbonyl (C=O) groups is 1. The molecular weight excluding hydrogens is 284 g/mol. The molecule has 0 saturated carbocycles. The molecule has 7 nitrogen and oxygen atoms in total. The van der Waals surface area contributed by atoms with E-state index >= 15 is 0 Å². The number of carbonyl (C=O) groups excluding carboxylic acids is 1. The lowest BCUT2D eigenvalue weighted by atomic mass is 10.1. The van der Waals surface area contributed by atoms with E-state index in [2.05, 4.69) is 0 Å². The van der Waals surface area contributed by atoms with Gasteiger partial charge in [0, 0.05) is 30.8 Å². The molecule has 0 spiro atoms. The van der Waals surface area contributed by atoms with Gasteiger partial charge in [0.25, 0.3) is 5.69 Å². The fourth-order valence-corrected chi connectivity index (χ4v) is 3.27. The van der Waals surface area contributed by atoms with E-state index in [4.69, 9.17) is 0 Å². The third kappa shape index (κ3) is 3.61. The van der Waals surface area contributed by atoms with E-state index in [1.807, 2.05) is 0 Å². The highest BCUT2D eigenvalue weighted by molar-refractivity contribution is 7.91. The van der Waals surface area contributed by atoms with E-state index in [1.54, 1.807) is 4.90 Å². The normalized spacial score (nSPS) is 18.6. The van der Waals surface area contributed by atoms with E-state index in [1.165, 1.54) is 24.3 Å². The van der Waals surface area contributed by atoms with Crippen LogP contribution in [0.25, 0.3) is 0 Å². The molecule has 108 valence electrons. The largest absolute Gasteiger partial charge is 0.294 e. The van der Waals surface area contributed by atoms with Crippen molar-refractivity contribution in [1.29, 1.82) is 0 Å². The third-order valence-electron chi connectivity index (χ3n) is 3.18. The summed E-state index contributed by atoms with van der Waals surface area (Å²) in [7, 11) is -2.98. The van der Waals surface area contributed by atoms with Gasteiger partial charge in [-0.1, -0.05) is 12.1 Å². The Balaban J connectivity index is 2.02. The van der Waals surface area contributed by atoms with Gasteiger partial charge in [-0.3, -0.25) is 19.8 Å². The highest BCUT2D eigenvalue weighted by atomic mass is 32.2. The number of hydrogen-bond acceptors (Lipinski definition) is 6. The fraction of sp³-hybridized carbons (Fsp3) is 0.417. The number of sulfone groups is 1. The molecular formula is C12H14N2O5S. The molecule has 1 saturated heterocycles. The summed E-state index contributed by atoms with van der Waals surface area (Å²) in [6, 6.07) is 5.55. The Labute approximate surface area is 116 Å². The molecule has 1 aromatic rings. The number of rotatable bonds is 4. The second kappa shape index (κ2) is 5.68. The first-order chi connectivity index (χ1) is 9.37. The first-order valence-corrected chi connectivity index (χ1v) is 7.90. The molecule has 1 aliphatic rings. The maximum absolute atomic E-state index is 12.0. The monoisotopic (exact) mass is 298 g/mol. The summed E-state index contributed by atoms with van der Waals surface area (Å²) in [6.07, 6.45) is 0. The number of nitro groups is 1. The number of ketones is 1. The summed E-state index contributed by atoms with van der Waals surface area (Å²) < 4.78 is 22.6. The zero-order valence-electron chi connectivity index (χ0n) is 10.7. The summed E-state index contributed by atoms with van der Waals surface area (Å²) in [5.41, 5.74) is 0.143. The Morgan fingerprint density at radius 1 is 1.30 bits per heavy atom. The Kier molecular flexibility index (Phi) is 4.15. The molecule has 0 aliphatic carbocycles. The highest BCUT2D eigenvalue weighted by Crippen LogP contribution is 2.14. The molecule has 1 fully saturated rings. The molecule has 0 N–H and O–H groups in total. The van der Waals surface area contributed by atoms with Crippen LogP contribution in [0.1, 0.15) is 10.4 Å². The van der Waals surface area contributed by atoms with Crippen molar-refractivity contribution >= 4 is 21.3 Å². The van der Waals surface area contributed by atoms with Crippen molar-refractivity contribution in [2.24, 2.45) is 0 Å². The Hall–Kier alpha value is -1.80. The predicted molar refractivity (Wildman–Crippen MR) is 72.5 cm³/mol. The topological polar surface area (TPSA) is 97.6 Å². The Morgan fingerprint density at radius 2 is 1.95 bits per heavy atom. The van der Waals surface area contributed by atoms with Crippen LogP contribution in [0.2, 0.25) is 0 Å². The smallest absolute Gasteiger partial charge is 0.270 e. The van der Waals surface area contributed by atoms with Crippen LogP contribution in [0.4, 0.5) is 5.69 Å². The predicted octanol–water partition coefficient (Wildman–Crippen LogP) is 0.508. The van der Waals surface area contributed by atoms with Gasteiger partial charge < -0.3 is 0 Å². The number of nitro benzene ring substituents is 1. The lowest BCUT2D eigenvalue weighted by molar-refractivity contribution is -0.384. The molecule has 1 aromatic carbocycles. The molecule has 1 aliphatic heterocycles. The summed E-state index contributed by atoms with van der Waals surface area (Å²) in [4.78, 5) is 23.9. The van der Waals surface area contributed by atoms with Crippen molar-refractivity contribution in [2.75, 3.05) is 31.1 Å². The van der Waals surface area contributed by atoms with Crippen molar-refractivity contribution < 1.29 is 18.1 Å². The first kappa shape index (κ1) is 14.6. The lowest BCUT2D eigenvalue weighted by Gasteiger charge is -2.25. The van der Waals surface area contributed by atoms with Gasteiger partial charge in [0.05, 0.1) is 23.0 Å². The Morgan fingerprint density at radius 3 is 2.55 bits per heavy atom. The van der Waals surface area contributed by atoms with Crippen molar-refractivity contribution in [1.82, 2.24) is 4.90 Å². The molecule has 20 heavy (non-hydrogen) atoms. The van der Waals surface area contributed by atoms with E-state index in [9.17, 15) is 23.3 Å². The highest BCUT2D eigenvalue weighted by Gasteiger charge is 2.23. The van der Waals surface area contributed by atoms with Crippen LogP contribution in [-0.4, -0.2) is 55.2 Å². The van der Waals surface area contributed by atoms with E-state index in [0.717, 1.165) is 0 Å². The van der Waals surface area contributed by atoms with Gasteiger partial charge in [0.1, 0.15) is 0 Å². The molecule has 0 radical (unpaired) electrons. The van der Waals surface area contributed by atoms with Crippen LogP contribution >= 0.6 is 0 Å². The zero-order valence-corrected chi connectivity index (χ0v) is 11.5. The SMILES string of the molecule is O=C(CN1CCS(=O)(=O)CC1)c1cccc([N+](=O)[O-])c1. The maximum Gasteiger partial charge on any atom is 0.270 e. The van der Waals surface area contributed by atoms with Gasteiger partial charge in [-0.25, -0.2) is 8.42 Å². The minimum atomic E-state index is -2.98. The summed E-state index contributed by atoms with van der Waals surface area (Å²) >= 11 is 0. The number of hydrogen-bond donors (Lipinski definition) is 0. The van der Waals surface area contributed by atoms with Gasteiger partial charge in [0.2, 0.25) is 0 Å². The van der Waals surface area contributed by atoms with E-state index in [-0.39, 0.29) is 35.1 Å². The van der Waals surface area contributed by atoms with E-state index in [0.29, 0.717) is 13.1 Å². The molecule has 0 atom stereocenters. The molecule has 0 amide bonds. The van der Waals surface area contributed by atoms with Crippen molar-refractivity contribution in [3.05, 3.63) is 39.9 Å². The summed E-state index contributed by atoms with van der Waals surface area (Å²) in [5, 5.41) is 10.7. The quantitative estimate of drug-likeness (QED) is 0.456. The molecule has 0 unspecified atom stereocenters. The number of benzene rings is 1. The van der Waals surface area contributed by atoms with Gasteiger partial charge in [-0.05, 0) is 0 Å². The van der Waals surface area contributed by atoms with Crippen LogP contribution in [0.3, 0.4) is 0 Å². The minimum Gasteiger partial charge on any atom is -0.294 e. The van der Waals surface area contributed by atoms with Crippen LogP contribution in [-0.2, 0) is 9.84 Å². The Bertz CT molecular complexity index is 627. The van der Waals surface area contributed by atoms with Crippen molar-refractivity contribution in [3.8, 4) is 0 Å². The second-order valence-corrected chi connectivity index (χ2v) is 6.96. The van der Waals surface area contributed by atoms with Gasteiger partial charge >= 0.3 is 0 Å². The molecule has 2 rings (SSSR count). The first-order valence-electron chi connectivity index (χ1n) is 6.08. The molecule has 8 heteroatoms. The lowest BCUT2D eigenvalue weighted by Crippen LogP contribution is -2.42. The van der Waals surface area contributed by atoms with Gasteiger partial charge in [0.15, 0.2) is 15.6 Å². The average molecular weight is 298 g/mol. The van der Waals surface area contributed by atoms with Gasteiger partial charge in [-0.2, -0.15) is 0 Å². The molecule has 1 heterocycles. The second-order valence-electron chi connectivity index (χ2n) is 4.66. The number of non-ortho nitro benzene ring substituents is 1. The van der Waals surface area contributed by atoms with Crippen LogP contribution in [0.15, 0.2) is 24.3 Å². The maximum atomic E-state index is 12.0. The number of Topliss-reactive ketones (excluding diaryl/α,β-unsaturated/α-hetero) is 1. The standard InChI is InChI=1S/C12H14N2O5S/c15-12(9-13-4-6-20(18,19)7-5-13)10-2-1-3-11(8-10)14(16)17/h1-3,8H,4-7,9H2. The summed E-state index contributed by atoms with van der Waals surface area (Å²) in [6.45, 7) is 0.725. The number of nitrogens with zero attached hydrogens (tertiary/aromatic N) is 2. The zero-order chi connectivity index (χ0) is 14.8. The van der Waals surface area contributed by atoms with Crippen LogP contribution < -0.4 is 0 Å². The van der Waals surface area contributed by atoms with Crippen molar-refractivity contribution in [3.63, 3.8) is 0 Å². The van der Waals surface area contributed by atoms with Crippen LogP contribution in [0.5, 0.6) is 0 Å². The third-order valence-corrected chi connectivity index (χ3v) is 4.79. The summed E-state index contributed by atoms with van der Waals surface area (Å²) in [5.74, 6) is -0.141. The average Bonchev–Trinajstić information content (AvgIpc) is 2.41. The van der Waals surface area contributed by atoms with Crippen molar-refractivity contribution in [2.45, 2.75) is 0 Å². The molecule has 0 bridgehead atoms. The molecule has 0 aromatic heterocycles. The van der Waals surface area contributed by atoms with Crippen LogP contribution in [0, 0.1) is 10.1 Å². The van der Waals surface area contributed by atoms with E-state index < -0.39 is 14.8 Å². The van der Waals surface area contributed by atoms with Gasteiger partial charge in [-0.15, -0.1) is 0 Å². The fourth-order valence-electron chi connectivity index (χ4n) is 2.00. The minimum absolute atomic E-state index is 0.0508.